The molecule has 0 radical (unpaired) electrons. The van der Waals surface area contributed by atoms with Gasteiger partial charge in [-0.05, 0) is 42.6 Å². The van der Waals surface area contributed by atoms with Gasteiger partial charge in [0.2, 0.25) is 0 Å². The van der Waals surface area contributed by atoms with Gasteiger partial charge in [0.05, 0.1) is 0 Å². The molecule has 0 aromatic carbocycles. The molecule has 0 fully saturated rings. The maximum Gasteiger partial charge on any atom is -0.0134 e. The topological polar surface area (TPSA) is 0 Å². The molecule has 0 aromatic heterocycles. The lowest BCUT2D eigenvalue weighted by molar-refractivity contribution is 0.373. The third kappa shape index (κ3) is 1.35. The Kier molecular flexibility index (Phi) is 2.08. The van der Waals surface area contributed by atoms with E-state index in [1.165, 1.54) is 19.3 Å². The van der Waals surface area contributed by atoms with Crippen molar-refractivity contribution >= 4 is 0 Å². The Morgan fingerprint density at radius 2 is 2.17 bits per heavy atom. The van der Waals surface area contributed by atoms with E-state index < -0.39 is 0 Å². The molecular weight excluding hydrogens is 144 g/mol. The van der Waals surface area contributed by atoms with Crippen LogP contribution in [0.25, 0.3) is 0 Å². The van der Waals surface area contributed by atoms with Crippen LogP contribution < -0.4 is 0 Å². The summed E-state index contributed by atoms with van der Waals surface area (Å²) in [5, 5.41) is 0. The zero-order chi connectivity index (χ0) is 8.55. The first-order valence-electron chi connectivity index (χ1n) is 5.15. The summed E-state index contributed by atoms with van der Waals surface area (Å²) in [5.41, 5.74) is 1.62. The molecule has 0 spiro atoms. The number of rotatable bonds is 0. The second kappa shape index (κ2) is 3.08. The maximum atomic E-state index is 2.46. The first kappa shape index (κ1) is 8.10. The van der Waals surface area contributed by atoms with E-state index in [0.29, 0.717) is 0 Å². The minimum Gasteiger partial charge on any atom is -0.0843 e. The van der Waals surface area contributed by atoms with Crippen LogP contribution in [0.5, 0.6) is 0 Å². The summed E-state index contributed by atoms with van der Waals surface area (Å²) in [6, 6.07) is 0. The molecule has 0 amide bonds. The van der Waals surface area contributed by atoms with Crippen LogP contribution in [-0.2, 0) is 0 Å². The summed E-state index contributed by atoms with van der Waals surface area (Å²) in [6.45, 7) is 4.74. The van der Waals surface area contributed by atoms with Gasteiger partial charge in [-0.25, -0.2) is 0 Å². The normalized spacial score (nSPS) is 40.5. The average molecular weight is 162 g/mol. The summed E-state index contributed by atoms with van der Waals surface area (Å²) in [6.07, 6.45) is 11.2. The first-order chi connectivity index (χ1) is 5.77. The molecule has 2 rings (SSSR count). The number of hydrogen-bond donors (Lipinski definition) is 0. The summed E-state index contributed by atoms with van der Waals surface area (Å²) in [7, 11) is 0. The monoisotopic (exact) mass is 162 g/mol. The highest BCUT2D eigenvalue weighted by atomic mass is 14.3. The quantitative estimate of drug-likeness (QED) is 0.511. The van der Waals surface area contributed by atoms with Crippen LogP contribution in [0.15, 0.2) is 23.8 Å². The minimum atomic E-state index is 0.815. The molecule has 0 heterocycles. The highest BCUT2D eigenvalue weighted by Crippen LogP contribution is 2.39. The van der Waals surface area contributed by atoms with Crippen LogP contribution in [0.2, 0.25) is 0 Å². The summed E-state index contributed by atoms with van der Waals surface area (Å²) < 4.78 is 0. The van der Waals surface area contributed by atoms with Crippen molar-refractivity contribution in [3.63, 3.8) is 0 Å². The molecule has 0 saturated carbocycles. The number of hydrogen-bond acceptors (Lipinski definition) is 0. The second-order valence-corrected chi connectivity index (χ2v) is 4.44. The summed E-state index contributed by atoms with van der Waals surface area (Å²) in [4.78, 5) is 0. The molecule has 66 valence electrons. The lowest BCUT2D eigenvalue weighted by Gasteiger charge is -2.18. The molecule has 2 aliphatic rings. The van der Waals surface area contributed by atoms with Crippen LogP contribution in [-0.4, -0.2) is 0 Å². The van der Waals surface area contributed by atoms with Crippen LogP contribution in [0.4, 0.5) is 0 Å². The van der Waals surface area contributed by atoms with E-state index in [1.807, 2.05) is 0 Å². The van der Waals surface area contributed by atoms with E-state index in [-0.39, 0.29) is 0 Å². The molecule has 0 aromatic rings. The molecule has 3 atom stereocenters. The molecule has 0 heteroatoms. The Labute approximate surface area is 75.4 Å². The van der Waals surface area contributed by atoms with Crippen molar-refractivity contribution in [1.82, 2.24) is 0 Å². The SMILES string of the molecule is CC1C=C2C=CCCC(C)C2C1. The van der Waals surface area contributed by atoms with E-state index in [1.54, 1.807) is 5.57 Å². The van der Waals surface area contributed by atoms with Gasteiger partial charge < -0.3 is 0 Å². The van der Waals surface area contributed by atoms with Crippen LogP contribution >= 0.6 is 0 Å². The largest absolute Gasteiger partial charge is 0.0843 e. The van der Waals surface area contributed by atoms with Crippen molar-refractivity contribution in [1.29, 1.82) is 0 Å². The van der Waals surface area contributed by atoms with Crippen LogP contribution in [0, 0.1) is 17.8 Å². The van der Waals surface area contributed by atoms with Gasteiger partial charge in [-0.15, -0.1) is 0 Å². The molecule has 0 nitrogen and oxygen atoms in total. The fraction of sp³-hybridized carbons (Fsp3) is 0.667. The van der Waals surface area contributed by atoms with Crippen molar-refractivity contribution < 1.29 is 0 Å². The van der Waals surface area contributed by atoms with E-state index in [9.17, 15) is 0 Å². The van der Waals surface area contributed by atoms with Gasteiger partial charge in [0.25, 0.3) is 0 Å². The van der Waals surface area contributed by atoms with E-state index >= 15 is 0 Å². The summed E-state index contributed by atoms with van der Waals surface area (Å²) >= 11 is 0. The predicted molar refractivity (Wildman–Crippen MR) is 52.9 cm³/mol. The van der Waals surface area contributed by atoms with Gasteiger partial charge in [0.15, 0.2) is 0 Å². The molecule has 0 saturated heterocycles. The van der Waals surface area contributed by atoms with Gasteiger partial charge >= 0.3 is 0 Å². The summed E-state index contributed by atoms with van der Waals surface area (Å²) in [5.74, 6) is 2.59. The molecule has 0 aliphatic heterocycles. The number of fused-ring (bicyclic) bond motifs is 1. The fourth-order valence-corrected chi connectivity index (χ4v) is 2.58. The zero-order valence-corrected chi connectivity index (χ0v) is 8.09. The van der Waals surface area contributed by atoms with Crippen molar-refractivity contribution in [3.8, 4) is 0 Å². The van der Waals surface area contributed by atoms with Crippen molar-refractivity contribution in [2.45, 2.75) is 33.1 Å². The molecular formula is C12H18. The second-order valence-electron chi connectivity index (χ2n) is 4.44. The first-order valence-corrected chi connectivity index (χ1v) is 5.15. The van der Waals surface area contributed by atoms with Crippen LogP contribution in [0.3, 0.4) is 0 Å². The Morgan fingerprint density at radius 1 is 1.33 bits per heavy atom. The highest BCUT2D eigenvalue weighted by Gasteiger charge is 2.27. The van der Waals surface area contributed by atoms with Gasteiger partial charge in [-0.2, -0.15) is 0 Å². The number of allylic oxidation sites excluding steroid dienone is 4. The minimum absolute atomic E-state index is 0.815. The van der Waals surface area contributed by atoms with E-state index in [2.05, 4.69) is 32.1 Å². The Balaban J connectivity index is 2.23. The van der Waals surface area contributed by atoms with Crippen molar-refractivity contribution in [2.24, 2.45) is 17.8 Å². The molecule has 2 aliphatic carbocycles. The lowest BCUT2D eigenvalue weighted by Crippen LogP contribution is -2.09. The third-order valence-electron chi connectivity index (χ3n) is 3.32. The smallest absolute Gasteiger partial charge is 0.0134 e. The molecule has 12 heavy (non-hydrogen) atoms. The van der Waals surface area contributed by atoms with E-state index in [0.717, 1.165) is 17.8 Å². The molecule has 0 N–H and O–H groups in total. The average Bonchev–Trinajstić information content (AvgIpc) is 2.33. The third-order valence-corrected chi connectivity index (χ3v) is 3.32. The van der Waals surface area contributed by atoms with E-state index in [4.69, 9.17) is 0 Å². The maximum absolute atomic E-state index is 2.46. The Bertz CT molecular complexity index is 222. The molecule has 3 unspecified atom stereocenters. The van der Waals surface area contributed by atoms with Gasteiger partial charge in [-0.1, -0.05) is 32.1 Å². The predicted octanol–water partition coefficient (Wildman–Crippen LogP) is 3.55. The van der Waals surface area contributed by atoms with Crippen molar-refractivity contribution in [2.75, 3.05) is 0 Å². The van der Waals surface area contributed by atoms with Gasteiger partial charge in [0.1, 0.15) is 0 Å². The van der Waals surface area contributed by atoms with Crippen molar-refractivity contribution in [3.05, 3.63) is 23.8 Å². The van der Waals surface area contributed by atoms with Crippen LogP contribution in [0.1, 0.15) is 33.1 Å². The Hall–Kier alpha value is -0.520. The molecule has 0 bridgehead atoms. The highest BCUT2D eigenvalue weighted by molar-refractivity contribution is 5.28. The standard InChI is InChI=1S/C12H18/c1-9-7-11-6-4-3-5-10(2)12(11)8-9/h4,6-7,9-10,12H,3,5,8H2,1-2H3. The Morgan fingerprint density at radius 3 is 3.00 bits per heavy atom. The van der Waals surface area contributed by atoms with Gasteiger partial charge in [0, 0.05) is 0 Å². The zero-order valence-electron chi connectivity index (χ0n) is 8.09. The lowest BCUT2D eigenvalue weighted by atomic mass is 9.86. The fourth-order valence-electron chi connectivity index (χ4n) is 2.58. The van der Waals surface area contributed by atoms with Gasteiger partial charge in [-0.3, -0.25) is 0 Å².